The van der Waals surface area contributed by atoms with E-state index in [-0.39, 0.29) is 5.82 Å². The van der Waals surface area contributed by atoms with Crippen LogP contribution in [0.15, 0.2) is 16.6 Å². The van der Waals surface area contributed by atoms with Gasteiger partial charge >= 0.3 is 0 Å². The summed E-state index contributed by atoms with van der Waals surface area (Å²) in [4.78, 5) is 5.47. The Kier molecular flexibility index (Phi) is 4.02. The van der Waals surface area contributed by atoms with Crippen molar-refractivity contribution in [2.75, 3.05) is 5.73 Å². The molecule has 1 aromatic heterocycles. The van der Waals surface area contributed by atoms with E-state index < -0.39 is 0 Å². The van der Waals surface area contributed by atoms with Crippen LogP contribution in [0.4, 0.5) is 9.52 Å². The molecule has 5 heteroatoms. The number of benzene rings is 1. The lowest BCUT2D eigenvalue weighted by atomic mass is 10.0. The van der Waals surface area contributed by atoms with E-state index in [1.165, 1.54) is 11.3 Å². The second kappa shape index (κ2) is 5.36. The van der Waals surface area contributed by atoms with Crippen LogP contribution in [0, 0.1) is 12.7 Å². The third-order valence-corrected chi connectivity index (χ3v) is 4.39. The third kappa shape index (κ3) is 2.72. The van der Waals surface area contributed by atoms with Gasteiger partial charge in [0.25, 0.3) is 0 Å². The van der Waals surface area contributed by atoms with Crippen molar-refractivity contribution in [3.05, 3.63) is 44.1 Å². The molecule has 0 unspecified atom stereocenters. The van der Waals surface area contributed by atoms with Crippen LogP contribution in [0.25, 0.3) is 0 Å². The molecular weight excluding hydrogens is 315 g/mol. The lowest BCUT2D eigenvalue weighted by Gasteiger charge is -2.07. The van der Waals surface area contributed by atoms with Crippen molar-refractivity contribution in [2.24, 2.45) is 0 Å². The first kappa shape index (κ1) is 13.5. The molecule has 0 spiro atoms. The number of nitrogens with two attached hydrogens (primary N) is 1. The molecule has 0 saturated carbocycles. The van der Waals surface area contributed by atoms with Crippen molar-refractivity contribution in [3.63, 3.8) is 0 Å². The summed E-state index contributed by atoms with van der Waals surface area (Å²) in [5.74, 6) is -0.226. The highest BCUT2D eigenvalue weighted by Crippen LogP contribution is 2.27. The Morgan fingerprint density at radius 3 is 2.83 bits per heavy atom. The molecule has 0 aliphatic heterocycles. The van der Waals surface area contributed by atoms with Gasteiger partial charge in [-0.15, -0.1) is 11.3 Å². The van der Waals surface area contributed by atoms with E-state index in [4.69, 9.17) is 5.73 Å². The Balaban J connectivity index is 2.36. The van der Waals surface area contributed by atoms with E-state index in [0.29, 0.717) is 9.60 Å². The molecule has 2 aromatic rings. The minimum Gasteiger partial charge on any atom is -0.375 e. The van der Waals surface area contributed by atoms with E-state index in [0.717, 1.165) is 34.5 Å². The van der Waals surface area contributed by atoms with Gasteiger partial charge in [0.05, 0.1) is 10.2 Å². The molecule has 0 aliphatic carbocycles. The minimum absolute atomic E-state index is 0.226. The van der Waals surface area contributed by atoms with Crippen molar-refractivity contribution in [1.82, 2.24) is 4.98 Å². The van der Waals surface area contributed by atoms with Crippen LogP contribution in [-0.4, -0.2) is 4.98 Å². The molecular formula is C13H14BrFN2S. The van der Waals surface area contributed by atoms with Crippen molar-refractivity contribution in [3.8, 4) is 0 Å². The quantitative estimate of drug-likeness (QED) is 0.921. The van der Waals surface area contributed by atoms with Crippen LogP contribution < -0.4 is 5.73 Å². The molecule has 0 aliphatic rings. The first-order valence-corrected chi connectivity index (χ1v) is 7.30. The summed E-state index contributed by atoms with van der Waals surface area (Å²) in [6.07, 6.45) is 1.62. The predicted molar refractivity (Wildman–Crippen MR) is 77.5 cm³/mol. The number of hydrogen-bond donors (Lipinski definition) is 1. The average Bonchev–Trinajstić information content (AvgIpc) is 2.66. The molecule has 0 bridgehead atoms. The van der Waals surface area contributed by atoms with E-state index >= 15 is 0 Å². The smallest absolute Gasteiger partial charge is 0.180 e. The average molecular weight is 329 g/mol. The highest BCUT2D eigenvalue weighted by molar-refractivity contribution is 9.10. The summed E-state index contributed by atoms with van der Waals surface area (Å²) >= 11 is 4.73. The number of aryl methyl sites for hydroxylation is 2. The van der Waals surface area contributed by atoms with Crippen molar-refractivity contribution in [2.45, 2.75) is 26.7 Å². The van der Waals surface area contributed by atoms with Gasteiger partial charge in [-0.05, 0) is 52.5 Å². The Hall–Kier alpha value is -0.940. The second-order valence-electron chi connectivity index (χ2n) is 4.15. The number of halogens is 2. The largest absolute Gasteiger partial charge is 0.375 e. The first-order valence-electron chi connectivity index (χ1n) is 5.69. The SMILES string of the molecule is CCc1nc(N)sc1Cc1cc(Br)c(F)cc1C. The Morgan fingerprint density at radius 1 is 1.44 bits per heavy atom. The Morgan fingerprint density at radius 2 is 2.17 bits per heavy atom. The molecule has 96 valence electrons. The van der Waals surface area contributed by atoms with Crippen LogP contribution in [0.5, 0.6) is 0 Å². The van der Waals surface area contributed by atoms with Crippen molar-refractivity contribution < 1.29 is 4.39 Å². The van der Waals surface area contributed by atoms with Crippen molar-refractivity contribution >= 4 is 32.4 Å². The molecule has 2 N–H and O–H groups in total. The van der Waals surface area contributed by atoms with Gasteiger partial charge in [-0.2, -0.15) is 0 Å². The van der Waals surface area contributed by atoms with Crippen molar-refractivity contribution in [1.29, 1.82) is 0 Å². The lowest BCUT2D eigenvalue weighted by Crippen LogP contribution is -1.95. The first-order chi connectivity index (χ1) is 8.51. The van der Waals surface area contributed by atoms with E-state index in [1.807, 2.05) is 13.0 Å². The molecule has 0 amide bonds. The monoisotopic (exact) mass is 328 g/mol. The summed E-state index contributed by atoms with van der Waals surface area (Å²) in [5, 5.41) is 0.598. The zero-order valence-corrected chi connectivity index (χ0v) is 12.7. The molecule has 1 aromatic carbocycles. The van der Waals surface area contributed by atoms with Gasteiger partial charge in [-0.25, -0.2) is 9.37 Å². The number of nitrogen functional groups attached to an aromatic ring is 1. The van der Waals surface area contributed by atoms with Gasteiger partial charge in [0, 0.05) is 11.3 Å². The summed E-state index contributed by atoms with van der Waals surface area (Å²) in [6.45, 7) is 3.98. The van der Waals surface area contributed by atoms with Gasteiger partial charge < -0.3 is 5.73 Å². The van der Waals surface area contributed by atoms with Gasteiger partial charge in [0.1, 0.15) is 5.82 Å². The molecule has 18 heavy (non-hydrogen) atoms. The summed E-state index contributed by atoms with van der Waals surface area (Å²) in [6, 6.07) is 3.38. The van der Waals surface area contributed by atoms with Crippen LogP contribution >= 0.6 is 27.3 Å². The number of rotatable bonds is 3. The maximum Gasteiger partial charge on any atom is 0.180 e. The molecule has 1 heterocycles. The number of hydrogen-bond acceptors (Lipinski definition) is 3. The zero-order valence-electron chi connectivity index (χ0n) is 10.3. The summed E-state index contributed by atoms with van der Waals surface area (Å²) in [5.41, 5.74) is 8.83. The summed E-state index contributed by atoms with van der Waals surface area (Å²) < 4.78 is 13.9. The molecule has 0 saturated heterocycles. The second-order valence-corrected chi connectivity index (χ2v) is 6.11. The van der Waals surface area contributed by atoms with E-state index in [1.54, 1.807) is 6.07 Å². The molecule has 2 rings (SSSR count). The minimum atomic E-state index is -0.226. The third-order valence-electron chi connectivity index (χ3n) is 2.86. The fourth-order valence-corrected chi connectivity index (χ4v) is 3.20. The number of anilines is 1. The van der Waals surface area contributed by atoms with Crippen LogP contribution in [0.3, 0.4) is 0 Å². The number of nitrogens with zero attached hydrogens (tertiary/aromatic N) is 1. The lowest BCUT2D eigenvalue weighted by molar-refractivity contribution is 0.619. The van der Waals surface area contributed by atoms with Crippen LogP contribution in [0.1, 0.15) is 28.6 Å². The van der Waals surface area contributed by atoms with E-state index in [9.17, 15) is 4.39 Å². The normalized spacial score (nSPS) is 10.9. The predicted octanol–water partition coefficient (Wildman–Crippen LogP) is 4.09. The van der Waals surface area contributed by atoms with Crippen LogP contribution in [-0.2, 0) is 12.8 Å². The van der Waals surface area contributed by atoms with Crippen LogP contribution in [0.2, 0.25) is 0 Å². The topological polar surface area (TPSA) is 38.9 Å². The molecule has 0 atom stereocenters. The fourth-order valence-electron chi connectivity index (χ4n) is 1.87. The van der Waals surface area contributed by atoms with E-state index in [2.05, 4.69) is 27.8 Å². The standard InChI is InChI=1S/C13H14BrFN2S/c1-3-11-12(18-13(16)17-11)6-8-5-9(14)10(15)4-7(8)2/h4-5H,3,6H2,1-2H3,(H2,16,17). The highest BCUT2D eigenvalue weighted by atomic mass is 79.9. The fraction of sp³-hybridized carbons (Fsp3) is 0.308. The maximum absolute atomic E-state index is 13.4. The maximum atomic E-state index is 13.4. The molecule has 0 radical (unpaired) electrons. The molecule has 2 nitrogen and oxygen atoms in total. The van der Waals surface area contributed by atoms with Gasteiger partial charge in [0.15, 0.2) is 5.13 Å². The zero-order chi connectivity index (χ0) is 13.3. The summed E-state index contributed by atoms with van der Waals surface area (Å²) in [7, 11) is 0. The Bertz CT molecular complexity index is 581. The number of thiazole rings is 1. The number of aromatic nitrogens is 1. The van der Waals surface area contributed by atoms with Gasteiger partial charge in [0.2, 0.25) is 0 Å². The van der Waals surface area contributed by atoms with Gasteiger partial charge in [-0.1, -0.05) is 6.92 Å². The van der Waals surface area contributed by atoms with Gasteiger partial charge in [-0.3, -0.25) is 0 Å². The molecule has 0 fully saturated rings. The Labute approximate surface area is 118 Å². The highest BCUT2D eigenvalue weighted by Gasteiger charge is 2.11.